The molecule has 8 heteroatoms. The summed E-state index contributed by atoms with van der Waals surface area (Å²) in [5, 5.41) is 2.36. The first-order chi connectivity index (χ1) is 8.74. The molecule has 0 amide bonds. The molecule has 0 radical (unpaired) electrons. The van der Waals surface area contributed by atoms with Crippen molar-refractivity contribution in [2.45, 2.75) is 6.42 Å². The molecule has 2 heterocycles. The van der Waals surface area contributed by atoms with E-state index in [4.69, 9.17) is 28.1 Å². The molecule has 0 spiro atoms. The summed E-state index contributed by atoms with van der Waals surface area (Å²) in [6, 6.07) is 0. The van der Waals surface area contributed by atoms with Crippen molar-refractivity contribution in [2.24, 2.45) is 0 Å². The molecule has 18 heavy (non-hydrogen) atoms. The Hall–Kier alpha value is -0.0800. The van der Waals surface area contributed by atoms with Crippen molar-refractivity contribution in [3.63, 3.8) is 0 Å². The molecule has 2 aliphatic rings. The fourth-order valence-electron chi connectivity index (χ4n) is 1.90. The molecular weight excluding hydrogens is 277 g/mol. The molecule has 2 rings (SSSR count). The van der Waals surface area contributed by atoms with Crippen molar-refractivity contribution in [3.05, 3.63) is 11.2 Å². The maximum Gasteiger partial charge on any atom is 0.0688 e. The van der Waals surface area contributed by atoms with Gasteiger partial charge in [0.15, 0.2) is 0 Å². The first-order valence-corrected chi connectivity index (χ1v) is 6.84. The van der Waals surface area contributed by atoms with Crippen LogP contribution in [-0.2, 0) is 4.74 Å². The molecule has 0 unspecified atom stereocenters. The highest BCUT2D eigenvalue weighted by Gasteiger charge is 2.14. The van der Waals surface area contributed by atoms with Gasteiger partial charge in [0.2, 0.25) is 0 Å². The Morgan fingerprint density at radius 1 is 1.39 bits per heavy atom. The molecule has 0 bridgehead atoms. The lowest BCUT2D eigenvalue weighted by Crippen LogP contribution is -2.53. The van der Waals surface area contributed by atoms with Gasteiger partial charge in [-0.3, -0.25) is 4.90 Å². The summed E-state index contributed by atoms with van der Waals surface area (Å²) in [4.78, 5) is 2.41. The van der Waals surface area contributed by atoms with Crippen LogP contribution in [0.1, 0.15) is 6.42 Å². The van der Waals surface area contributed by atoms with Crippen LogP contribution in [-0.4, -0.2) is 60.5 Å². The standard InChI is InChI=1S/C10H19Cl2N5O/c11-10-8-16(12)14-17(9-10)13-2-1-3-15-4-6-18-7-5-15/h9,13-14H,1-8H2. The van der Waals surface area contributed by atoms with E-state index in [9.17, 15) is 0 Å². The van der Waals surface area contributed by atoms with Crippen molar-refractivity contribution >= 4 is 23.4 Å². The molecular formula is C10H19Cl2N5O. The molecule has 2 N–H and O–H groups in total. The highest BCUT2D eigenvalue weighted by atomic mass is 35.5. The predicted molar refractivity (Wildman–Crippen MR) is 71.3 cm³/mol. The van der Waals surface area contributed by atoms with Crippen LogP contribution in [0.2, 0.25) is 0 Å². The van der Waals surface area contributed by atoms with Gasteiger partial charge in [0.1, 0.15) is 0 Å². The molecule has 0 aromatic rings. The van der Waals surface area contributed by atoms with E-state index in [0.717, 1.165) is 45.8 Å². The van der Waals surface area contributed by atoms with E-state index in [-0.39, 0.29) is 0 Å². The predicted octanol–water partition coefficient (Wildman–Crippen LogP) is 0.484. The van der Waals surface area contributed by atoms with Gasteiger partial charge < -0.3 is 4.74 Å². The van der Waals surface area contributed by atoms with Gasteiger partial charge in [-0.25, -0.2) is 10.5 Å². The second kappa shape index (κ2) is 7.49. The van der Waals surface area contributed by atoms with E-state index in [1.54, 1.807) is 11.3 Å². The Balaban J connectivity index is 1.58. The third-order valence-corrected chi connectivity index (χ3v) is 3.22. The van der Waals surface area contributed by atoms with Crippen LogP contribution >= 0.6 is 23.4 Å². The number of hydrogen-bond donors (Lipinski definition) is 2. The van der Waals surface area contributed by atoms with Crippen molar-refractivity contribution in [1.82, 2.24) is 25.5 Å². The molecule has 6 nitrogen and oxygen atoms in total. The van der Waals surface area contributed by atoms with Gasteiger partial charge in [0.25, 0.3) is 0 Å². The minimum absolute atomic E-state index is 0.495. The van der Waals surface area contributed by atoms with E-state index in [2.05, 4.69) is 15.9 Å². The van der Waals surface area contributed by atoms with Gasteiger partial charge in [0, 0.05) is 19.6 Å². The van der Waals surface area contributed by atoms with Crippen LogP contribution in [0.15, 0.2) is 11.2 Å². The van der Waals surface area contributed by atoms with E-state index >= 15 is 0 Å². The number of nitrogens with one attached hydrogen (secondary N) is 2. The van der Waals surface area contributed by atoms with Crippen LogP contribution in [0.25, 0.3) is 0 Å². The topological polar surface area (TPSA) is 43.0 Å². The second-order valence-corrected chi connectivity index (χ2v) is 5.18. The number of hydrazine groups is 3. The number of hydrogen-bond acceptors (Lipinski definition) is 6. The molecule has 0 aromatic carbocycles. The van der Waals surface area contributed by atoms with Gasteiger partial charge in [-0.1, -0.05) is 11.6 Å². The lowest BCUT2D eigenvalue weighted by atomic mass is 10.3. The maximum atomic E-state index is 5.93. The first kappa shape index (κ1) is 14.3. The Morgan fingerprint density at radius 3 is 2.89 bits per heavy atom. The van der Waals surface area contributed by atoms with Gasteiger partial charge in [-0.15, -0.1) is 10.1 Å². The molecule has 1 fully saturated rings. The number of ether oxygens (including phenoxy) is 1. The normalized spacial score (nSPS) is 23.2. The van der Waals surface area contributed by atoms with E-state index in [1.165, 1.54) is 4.53 Å². The van der Waals surface area contributed by atoms with E-state index < -0.39 is 0 Å². The van der Waals surface area contributed by atoms with Crippen LogP contribution in [0.3, 0.4) is 0 Å². The quantitative estimate of drug-likeness (QED) is 0.568. The molecule has 0 atom stereocenters. The number of rotatable bonds is 5. The number of nitrogens with zero attached hydrogens (tertiary/aromatic N) is 3. The van der Waals surface area contributed by atoms with Gasteiger partial charge in [-0.2, -0.15) is 0 Å². The van der Waals surface area contributed by atoms with Gasteiger partial charge in [-0.05, 0) is 24.7 Å². The van der Waals surface area contributed by atoms with E-state index in [0.29, 0.717) is 11.6 Å². The zero-order chi connectivity index (χ0) is 12.8. The number of morpholine rings is 1. The largest absolute Gasteiger partial charge is 0.379 e. The minimum Gasteiger partial charge on any atom is -0.379 e. The average Bonchev–Trinajstić information content (AvgIpc) is 2.35. The van der Waals surface area contributed by atoms with Crippen LogP contribution in [0, 0.1) is 0 Å². The summed E-state index contributed by atoms with van der Waals surface area (Å²) in [5.74, 6) is 0. The minimum atomic E-state index is 0.495. The first-order valence-electron chi connectivity index (χ1n) is 6.13. The lowest BCUT2D eigenvalue weighted by molar-refractivity contribution is 0.0347. The van der Waals surface area contributed by atoms with Crippen LogP contribution < -0.4 is 11.0 Å². The summed E-state index contributed by atoms with van der Waals surface area (Å²) < 4.78 is 6.71. The second-order valence-electron chi connectivity index (χ2n) is 4.28. The number of halogens is 2. The third-order valence-electron chi connectivity index (χ3n) is 2.81. The van der Waals surface area contributed by atoms with Crippen molar-refractivity contribution < 1.29 is 4.74 Å². The van der Waals surface area contributed by atoms with Crippen LogP contribution in [0.4, 0.5) is 0 Å². The summed E-state index contributed by atoms with van der Waals surface area (Å²) >= 11 is 11.8. The Bertz CT molecular complexity index is 285. The summed E-state index contributed by atoms with van der Waals surface area (Å²) in [5.41, 5.74) is 6.11. The SMILES string of the molecule is ClC1=CN(NCCCN2CCOCC2)NN(Cl)C1. The highest BCUT2D eigenvalue weighted by Crippen LogP contribution is 2.10. The smallest absolute Gasteiger partial charge is 0.0688 e. The molecule has 0 saturated carbocycles. The molecule has 0 aliphatic carbocycles. The van der Waals surface area contributed by atoms with Gasteiger partial charge in [0.05, 0.1) is 31.0 Å². The molecule has 1 saturated heterocycles. The molecule has 2 aliphatic heterocycles. The highest BCUT2D eigenvalue weighted by molar-refractivity contribution is 6.30. The monoisotopic (exact) mass is 295 g/mol. The third kappa shape index (κ3) is 4.89. The van der Waals surface area contributed by atoms with Crippen molar-refractivity contribution in [1.29, 1.82) is 0 Å². The van der Waals surface area contributed by atoms with Crippen molar-refractivity contribution in [3.8, 4) is 0 Å². The fraction of sp³-hybridized carbons (Fsp3) is 0.800. The maximum absolute atomic E-state index is 5.93. The molecule has 104 valence electrons. The molecule has 0 aromatic heterocycles. The summed E-state index contributed by atoms with van der Waals surface area (Å²) in [6.07, 6.45) is 2.85. The summed E-state index contributed by atoms with van der Waals surface area (Å²) in [6.45, 7) is 6.19. The lowest BCUT2D eigenvalue weighted by Gasteiger charge is -2.31. The Labute approximate surface area is 117 Å². The summed E-state index contributed by atoms with van der Waals surface area (Å²) in [7, 11) is 0. The zero-order valence-corrected chi connectivity index (χ0v) is 11.8. The Morgan fingerprint density at radius 2 is 2.17 bits per heavy atom. The zero-order valence-electron chi connectivity index (χ0n) is 10.2. The van der Waals surface area contributed by atoms with Crippen LogP contribution in [0.5, 0.6) is 0 Å². The van der Waals surface area contributed by atoms with Crippen molar-refractivity contribution in [2.75, 3.05) is 45.9 Å². The average molecular weight is 296 g/mol. The Kier molecular flexibility index (Phi) is 5.97. The fourth-order valence-corrected chi connectivity index (χ4v) is 2.39. The van der Waals surface area contributed by atoms with Gasteiger partial charge >= 0.3 is 0 Å². The van der Waals surface area contributed by atoms with E-state index in [1.807, 2.05) is 0 Å².